The molecule has 0 saturated heterocycles. The number of hydrogen-bond acceptors (Lipinski definition) is 8. The number of anilines is 3. The topological polar surface area (TPSA) is 90.4 Å². The fourth-order valence-electron chi connectivity index (χ4n) is 2.64. The third-order valence-electron chi connectivity index (χ3n) is 3.96. The molecule has 0 bridgehead atoms. The van der Waals surface area contributed by atoms with Crippen LogP contribution in [0.2, 0.25) is 0 Å². The van der Waals surface area contributed by atoms with E-state index in [-0.39, 0.29) is 6.10 Å². The number of hydrogen-bond donors (Lipinski definition) is 2. The second-order valence-electron chi connectivity index (χ2n) is 6.52. The van der Waals surface area contributed by atoms with Crippen molar-refractivity contribution in [2.24, 2.45) is 0 Å². The average molecular weight is 395 g/mol. The lowest BCUT2D eigenvalue weighted by Gasteiger charge is -2.11. The Morgan fingerprint density at radius 2 is 1.72 bits per heavy atom. The van der Waals surface area contributed by atoms with Gasteiger partial charge in [0.15, 0.2) is 17.3 Å². The third-order valence-corrected chi connectivity index (χ3v) is 3.96. The molecule has 0 aliphatic carbocycles. The average Bonchev–Trinajstić information content (AvgIpc) is 2.73. The van der Waals surface area contributed by atoms with Crippen LogP contribution in [-0.2, 0) is 6.54 Å². The minimum absolute atomic E-state index is 0.134. The van der Waals surface area contributed by atoms with Crippen molar-refractivity contribution >= 4 is 17.5 Å². The quantitative estimate of drug-likeness (QED) is 0.561. The molecule has 0 atom stereocenters. The van der Waals surface area contributed by atoms with Gasteiger partial charge in [-0.05, 0) is 55.8 Å². The smallest absolute Gasteiger partial charge is 0.249 e. The van der Waals surface area contributed by atoms with Gasteiger partial charge in [0.1, 0.15) is 5.75 Å². The van der Waals surface area contributed by atoms with Crippen LogP contribution in [0.15, 0.2) is 48.7 Å². The first-order valence-corrected chi connectivity index (χ1v) is 9.25. The highest BCUT2D eigenvalue weighted by Gasteiger charge is 2.06. The highest BCUT2D eigenvalue weighted by atomic mass is 16.5. The second-order valence-corrected chi connectivity index (χ2v) is 6.52. The summed E-state index contributed by atoms with van der Waals surface area (Å²) in [5, 5.41) is 14.4. The Hall–Kier alpha value is -3.55. The lowest BCUT2D eigenvalue weighted by molar-refractivity contribution is 0.242. The molecule has 3 rings (SSSR count). The van der Waals surface area contributed by atoms with Crippen LogP contribution < -0.4 is 24.8 Å². The predicted molar refractivity (Wildman–Crippen MR) is 112 cm³/mol. The van der Waals surface area contributed by atoms with Crippen molar-refractivity contribution in [2.75, 3.05) is 24.9 Å². The zero-order valence-corrected chi connectivity index (χ0v) is 17.0. The molecular weight excluding hydrogens is 370 g/mol. The first-order valence-electron chi connectivity index (χ1n) is 9.25. The summed E-state index contributed by atoms with van der Waals surface area (Å²) in [6.45, 7) is 4.54. The largest absolute Gasteiger partial charge is 0.493 e. The van der Waals surface area contributed by atoms with Crippen LogP contribution in [0.1, 0.15) is 19.4 Å². The molecule has 0 aliphatic rings. The van der Waals surface area contributed by atoms with E-state index in [4.69, 9.17) is 14.2 Å². The summed E-state index contributed by atoms with van der Waals surface area (Å²) in [7, 11) is 3.23. The van der Waals surface area contributed by atoms with Crippen LogP contribution in [0, 0.1) is 0 Å². The van der Waals surface area contributed by atoms with Gasteiger partial charge in [-0.25, -0.2) is 0 Å². The fraction of sp³-hybridized carbons (Fsp3) is 0.286. The van der Waals surface area contributed by atoms with Crippen LogP contribution in [0.4, 0.5) is 17.5 Å². The van der Waals surface area contributed by atoms with Crippen LogP contribution in [0.5, 0.6) is 17.2 Å². The molecule has 152 valence electrons. The summed E-state index contributed by atoms with van der Waals surface area (Å²) < 4.78 is 16.2. The van der Waals surface area contributed by atoms with Crippen LogP contribution in [-0.4, -0.2) is 35.5 Å². The van der Waals surface area contributed by atoms with Gasteiger partial charge in [0.2, 0.25) is 5.95 Å². The molecule has 0 unspecified atom stereocenters. The van der Waals surface area contributed by atoms with Crippen LogP contribution in [0.3, 0.4) is 0 Å². The molecule has 0 saturated carbocycles. The van der Waals surface area contributed by atoms with Gasteiger partial charge < -0.3 is 24.8 Å². The van der Waals surface area contributed by atoms with Gasteiger partial charge >= 0.3 is 0 Å². The predicted octanol–water partition coefficient (Wildman–Crippen LogP) is 4.03. The zero-order chi connectivity index (χ0) is 20.6. The van der Waals surface area contributed by atoms with Crippen molar-refractivity contribution in [3.05, 3.63) is 54.2 Å². The Balaban J connectivity index is 1.62. The van der Waals surface area contributed by atoms with E-state index in [9.17, 15) is 0 Å². The van der Waals surface area contributed by atoms with Crippen molar-refractivity contribution in [1.82, 2.24) is 15.2 Å². The molecule has 3 aromatic rings. The molecule has 1 aromatic heterocycles. The molecule has 0 spiro atoms. The van der Waals surface area contributed by atoms with Crippen molar-refractivity contribution in [1.29, 1.82) is 0 Å². The Labute approximate surface area is 170 Å². The fourth-order valence-corrected chi connectivity index (χ4v) is 2.64. The van der Waals surface area contributed by atoms with Crippen molar-refractivity contribution in [2.45, 2.75) is 26.5 Å². The van der Waals surface area contributed by atoms with Gasteiger partial charge in [0, 0.05) is 12.2 Å². The summed E-state index contributed by atoms with van der Waals surface area (Å²) in [5.74, 6) is 3.20. The number of nitrogens with one attached hydrogen (secondary N) is 2. The maximum Gasteiger partial charge on any atom is 0.249 e. The standard InChI is InChI=1S/C21H25N5O3/c1-14(2)29-17-8-6-16(7-9-17)24-21-25-20(13-23-26-21)22-12-15-5-10-18(27-3)19(11-15)28-4/h5-11,13-14H,12H2,1-4H3,(H2,22,24,25,26). The number of aromatic nitrogens is 3. The highest BCUT2D eigenvalue weighted by molar-refractivity contribution is 5.55. The molecule has 8 heteroatoms. The normalized spacial score (nSPS) is 10.5. The first-order chi connectivity index (χ1) is 14.1. The molecule has 2 N–H and O–H groups in total. The summed E-state index contributed by atoms with van der Waals surface area (Å²) in [5.41, 5.74) is 1.87. The zero-order valence-electron chi connectivity index (χ0n) is 17.0. The van der Waals surface area contributed by atoms with Crippen molar-refractivity contribution in [3.63, 3.8) is 0 Å². The number of methoxy groups -OCH3 is 2. The Morgan fingerprint density at radius 1 is 0.966 bits per heavy atom. The van der Waals surface area contributed by atoms with Gasteiger partial charge in [-0.15, -0.1) is 5.10 Å². The van der Waals surface area contributed by atoms with Gasteiger partial charge in [0.05, 0.1) is 26.5 Å². The van der Waals surface area contributed by atoms with Crippen molar-refractivity contribution < 1.29 is 14.2 Å². The first kappa shape index (κ1) is 20.2. The van der Waals surface area contributed by atoms with E-state index in [0.717, 1.165) is 17.0 Å². The van der Waals surface area contributed by atoms with E-state index < -0.39 is 0 Å². The summed E-state index contributed by atoms with van der Waals surface area (Å²) in [4.78, 5) is 4.45. The molecule has 0 amide bonds. The molecule has 1 heterocycles. The molecule has 2 aromatic carbocycles. The molecule has 0 radical (unpaired) electrons. The molecule has 0 aliphatic heterocycles. The van der Waals surface area contributed by atoms with Crippen molar-refractivity contribution in [3.8, 4) is 17.2 Å². The summed E-state index contributed by atoms with van der Waals surface area (Å²) in [6, 6.07) is 13.4. The van der Waals surface area contributed by atoms with Gasteiger partial charge in [0.25, 0.3) is 0 Å². The molecule has 8 nitrogen and oxygen atoms in total. The van der Waals surface area contributed by atoms with Gasteiger partial charge in [-0.2, -0.15) is 10.1 Å². The monoisotopic (exact) mass is 395 g/mol. The number of rotatable bonds is 9. The lowest BCUT2D eigenvalue weighted by atomic mass is 10.2. The van der Waals surface area contributed by atoms with Gasteiger partial charge in [-0.1, -0.05) is 6.07 Å². The minimum atomic E-state index is 0.134. The summed E-state index contributed by atoms with van der Waals surface area (Å²) >= 11 is 0. The van der Waals surface area contributed by atoms with E-state index in [1.54, 1.807) is 20.4 Å². The SMILES string of the molecule is COc1ccc(CNc2cnnc(Nc3ccc(OC(C)C)cc3)n2)cc1OC. The molecule has 0 fully saturated rings. The highest BCUT2D eigenvalue weighted by Crippen LogP contribution is 2.27. The van der Waals surface area contributed by atoms with E-state index >= 15 is 0 Å². The maximum absolute atomic E-state index is 5.65. The number of nitrogens with zero attached hydrogens (tertiary/aromatic N) is 3. The Morgan fingerprint density at radius 3 is 2.41 bits per heavy atom. The summed E-state index contributed by atoms with van der Waals surface area (Å²) in [6.07, 6.45) is 1.71. The van der Waals surface area contributed by atoms with Gasteiger partial charge in [-0.3, -0.25) is 0 Å². The Bertz CT molecular complexity index is 932. The lowest BCUT2D eigenvalue weighted by Crippen LogP contribution is -2.06. The van der Waals surface area contributed by atoms with E-state index in [0.29, 0.717) is 29.8 Å². The molecular formula is C21H25N5O3. The third kappa shape index (κ3) is 5.71. The van der Waals surface area contributed by atoms with E-state index in [1.165, 1.54) is 0 Å². The van der Waals surface area contributed by atoms with Crippen LogP contribution >= 0.6 is 0 Å². The van der Waals surface area contributed by atoms with E-state index in [1.807, 2.05) is 56.3 Å². The maximum atomic E-state index is 5.65. The van der Waals surface area contributed by atoms with Crippen LogP contribution in [0.25, 0.3) is 0 Å². The number of ether oxygens (including phenoxy) is 3. The Kier molecular flexibility index (Phi) is 6.67. The molecule has 29 heavy (non-hydrogen) atoms. The minimum Gasteiger partial charge on any atom is -0.493 e. The number of benzene rings is 2. The second kappa shape index (κ2) is 9.59. The van der Waals surface area contributed by atoms with E-state index in [2.05, 4.69) is 25.8 Å².